The molecule has 0 radical (unpaired) electrons. The van der Waals surface area contributed by atoms with E-state index in [2.05, 4.69) is 33.0 Å². The van der Waals surface area contributed by atoms with Gasteiger partial charge in [0.25, 0.3) is 0 Å². The highest BCUT2D eigenvalue weighted by atomic mass is 16.5. The summed E-state index contributed by atoms with van der Waals surface area (Å²) in [5, 5.41) is 3.31. The average molecular weight is 241 g/mol. The maximum absolute atomic E-state index is 12.1. The smallest absolute Gasteiger partial charge is 0.323 e. The first-order valence-corrected chi connectivity index (χ1v) is 6.95. The first-order valence-electron chi connectivity index (χ1n) is 6.95. The van der Waals surface area contributed by atoms with Crippen molar-refractivity contribution in [2.45, 2.75) is 78.0 Å². The van der Waals surface area contributed by atoms with Gasteiger partial charge in [-0.2, -0.15) is 0 Å². The third-order valence-electron chi connectivity index (χ3n) is 3.11. The lowest BCUT2D eigenvalue weighted by molar-refractivity contribution is -0.152. The maximum Gasteiger partial charge on any atom is 0.323 e. The van der Waals surface area contributed by atoms with Crippen LogP contribution in [0.2, 0.25) is 0 Å². The Kier molecular flexibility index (Phi) is 5.96. The molecule has 0 aromatic carbocycles. The molecule has 0 aliphatic heterocycles. The van der Waals surface area contributed by atoms with Gasteiger partial charge < -0.3 is 10.1 Å². The van der Waals surface area contributed by atoms with E-state index in [0.717, 1.165) is 19.3 Å². The number of ether oxygens (including phenoxy) is 1. The second-order valence-corrected chi connectivity index (χ2v) is 5.85. The molecule has 0 aromatic heterocycles. The molecule has 0 spiro atoms. The minimum Gasteiger partial charge on any atom is -0.461 e. The number of carbonyl (C=O) groups excluding carboxylic acids is 1. The molecule has 0 aromatic rings. The molecule has 0 unspecified atom stereocenters. The van der Waals surface area contributed by atoms with Crippen LogP contribution in [0.3, 0.4) is 0 Å². The van der Waals surface area contributed by atoms with E-state index in [1.807, 2.05) is 0 Å². The van der Waals surface area contributed by atoms with Crippen molar-refractivity contribution in [3.63, 3.8) is 0 Å². The van der Waals surface area contributed by atoms with Gasteiger partial charge in [0.15, 0.2) is 0 Å². The molecule has 0 heterocycles. The van der Waals surface area contributed by atoms with Gasteiger partial charge in [-0.15, -0.1) is 0 Å². The minimum absolute atomic E-state index is 0.0562. The lowest BCUT2D eigenvalue weighted by atomic mass is 10.0. The zero-order valence-corrected chi connectivity index (χ0v) is 11.7. The summed E-state index contributed by atoms with van der Waals surface area (Å²) in [5.74, 6) is 0.446. The summed E-state index contributed by atoms with van der Waals surface area (Å²) < 4.78 is 5.57. The molecular weight excluding hydrogens is 214 g/mol. The SMILES string of the molecule is CC(C)C[C@H](NC(C)C)C(=O)OC1CCCC1. The highest BCUT2D eigenvalue weighted by Gasteiger charge is 2.26. The first-order chi connectivity index (χ1) is 7.99. The summed E-state index contributed by atoms with van der Waals surface area (Å²) in [6, 6.07) is 0.172. The fourth-order valence-corrected chi connectivity index (χ4v) is 2.36. The number of carbonyl (C=O) groups is 1. The van der Waals surface area contributed by atoms with Gasteiger partial charge in [-0.05, 0) is 38.0 Å². The molecule has 1 aliphatic rings. The topological polar surface area (TPSA) is 38.3 Å². The van der Waals surface area contributed by atoms with Gasteiger partial charge in [-0.1, -0.05) is 27.7 Å². The Balaban J connectivity index is 2.45. The number of rotatable bonds is 6. The van der Waals surface area contributed by atoms with E-state index in [4.69, 9.17) is 4.74 Å². The maximum atomic E-state index is 12.1. The van der Waals surface area contributed by atoms with Crippen LogP contribution in [-0.2, 0) is 9.53 Å². The molecule has 100 valence electrons. The number of nitrogens with one attached hydrogen (secondary N) is 1. The fraction of sp³-hybridized carbons (Fsp3) is 0.929. The number of hydrogen-bond acceptors (Lipinski definition) is 3. The van der Waals surface area contributed by atoms with E-state index in [-0.39, 0.29) is 18.1 Å². The van der Waals surface area contributed by atoms with Crippen molar-refractivity contribution in [2.24, 2.45) is 5.92 Å². The van der Waals surface area contributed by atoms with Crippen LogP contribution in [-0.4, -0.2) is 24.2 Å². The van der Waals surface area contributed by atoms with E-state index in [9.17, 15) is 4.79 Å². The van der Waals surface area contributed by atoms with Crippen LogP contribution in [0.4, 0.5) is 0 Å². The van der Waals surface area contributed by atoms with E-state index in [1.165, 1.54) is 12.8 Å². The van der Waals surface area contributed by atoms with Gasteiger partial charge in [0.05, 0.1) is 0 Å². The molecule has 1 aliphatic carbocycles. The molecule has 1 N–H and O–H groups in total. The van der Waals surface area contributed by atoms with Crippen LogP contribution >= 0.6 is 0 Å². The van der Waals surface area contributed by atoms with Crippen molar-refractivity contribution < 1.29 is 9.53 Å². The fourth-order valence-electron chi connectivity index (χ4n) is 2.36. The van der Waals surface area contributed by atoms with Gasteiger partial charge in [-0.25, -0.2) is 0 Å². The van der Waals surface area contributed by atoms with Crippen LogP contribution in [0.1, 0.15) is 59.8 Å². The predicted molar refractivity (Wildman–Crippen MR) is 69.9 cm³/mol. The van der Waals surface area contributed by atoms with Crippen molar-refractivity contribution in [3.8, 4) is 0 Å². The zero-order valence-electron chi connectivity index (χ0n) is 11.7. The van der Waals surface area contributed by atoms with Gasteiger partial charge in [-0.3, -0.25) is 4.79 Å². The molecular formula is C14H27NO2. The zero-order chi connectivity index (χ0) is 12.8. The standard InChI is InChI=1S/C14H27NO2/c1-10(2)9-13(15-11(3)4)14(16)17-12-7-5-6-8-12/h10-13,15H,5-9H2,1-4H3/t13-/m0/s1. The second-order valence-electron chi connectivity index (χ2n) is 5.85. The molecule has 17 heavy (non-hydrogen) atoms. The van der Waals surface area contributed by atoms with Gasteiger partial charge >= 0.3 is 5.97 Å². The van der Waals surface area contributed by atoms with Crippen LogP contribution in [0, 0.1) is 5.92 Å². The Morgan fingerprint density at radius 2 is 1.82 bits per heavy atom. The third-order valence-corrected chi connectivity index (χ3v) is 3.11. The Morgan fingerprint density at radius 3 is 2.29 bits per heavy atom. The molecule has 0 amide bonds. The lowest BCUT2D eigenvalue weighted by Crippen LogP contribution is -2.43. The van der Waals surface area contributed by atoms with Gasteiger partial charge in [0, 0.05) is 6.04 Å². The molecule has 1 fully saturated rings. The summed E-state index contributed by atoms with van der Waals surface area (Å²) in [5.41, 5.74) is 0. The molecule has 0 saturated heterocycles. The van der Waals surface area contributed by atoms with E-state index >= 15 is 0 Å². The van der Waals surface area contributed by atoms with E-state index in [0.29, 0.717) is 12.0 Å². The first kappa shape index (κ1) is 14.5. The van der Waals surface area contributed by atoms with Crippen LogP contribution < -0.4 is 5.32 Å². The molecule has 3 heteroatoms. The Bertz CT molecular complexity index is 222. The van der Waals surface area contributed by atoms with Gasteiger partial charge in [0.2, 0.25) is 0 Å². The second kappa shape index (κ2) is 7.00. The van der Waals surface area contributed by atoms with Crippen molar-refractivity contribution in [1.82, 2.24) is 5.32 Å². The molecule has 3 nitrogen and oxygen atoms in total. The van der Waals surface area contributed by atoms with Gasteiger partial charge in [0.1, 0.15) is 12.1 Å². The normalized spacial score (nSPS) is 18.9. The summed E-state index contributed by atoms with van der Waals surface area (Å²) >= 11 is 0. The third kappa shape index (κ3) is 5.53. The van der Waals surface area contributed by atoms with E-state index in [1.54, 1.807) is 0 Å². The van der Waals surface area contributed by atoms with Crippen molar-refractivity contribution in [1.29, 1.82) is 0 Å². The quantitative estimate of drug-likeness (QED) is 0.727. The summed E-state index contributed by atoms with van der Waals surface area (Å²) in [6.45, 7) is 8.40. The molecule has 1 atom stereocenters. The molecule has 1 rings (SSSR count). The number of esters is 1. The summed E-state index contributed by atoms with van der Waals surface area (Å²) in [6.07, 6.45) is 5.51. The van der Waals surface area contributed by atoms with Crippen molar-refractivity contribution in [2.75, 3.05) is 0 Å². The van der Waals surface area contributed by atoms with Crippen molar-refractivity contribution >= 4 is 5.97 Å². The Morgan fingerprint density at radius 1 is 1.24 bits per heavy atom. The van der Waals surface area contributed by atoms with E-state index < -0.39 is 0 Å². The Labute approximate surface area is 105 Å². The number of hydrogen-bond donors (Lipinski definition) is 1. The van der Waals surface area contributed by atoms with Crippen molar-refractivity contribution in [3.05, 3.63) is 0 Å². The highest BCUT2D eigenvalue weighted by molar-refractivity contribution is 5.76. The van der Waals surface area contributed by atoms with Crippen LogP contribution in [0.25, 0.3) is 0 Å². The lowest BCUT2D eigenvalue weighted by Gasteiger charge is -2.23. The largest absolute Gasteiger partial charge is 0.461 e. The minimum atomic E-state index is -0.143. The van der Waals surface area contributed by atoms with Crippen LogP contribution in [0.5, 0.6) is 0 Å². The summed E-state index contributed by atoms with van der Waals surface area (Å²) in [7, 11) is 0. The van der Waals surface area contributed by atoms with Crippen LogP contribution in [0.15, 0.2) is 0 Å². The average Bonchev–Trinajstić information content (AvgIpc) is 2.67. The highest BCUT2D eigenvalue weighted by Crippen LogP contribution is 2.22. The Hall–Kier alpha value is -0.570. The summed E-state index contributed by atoms with van der Waals surface area (Å²) in [4.78, 5) is 12.1. The molecule has 0 bridgehead atoms. The monoisotopic (exact) mass is 241 g/mol. The molecule has 1 saturated carbocycles. The predicted octanol–water partition coefficient (Wildman–Crippen LogP) is 2.88.